The molecule has 0 radical (unpaired) electrons. The van der Waals surface area contributed by atoms with Crippen LogP contribution < -0.4 is 5.73 Å². The first-order valence-electron chi connectivity index (χ1n) is 3.55. The summed E-state index contributed by atoms with van der Waals surface area (Å²) in [7, 11) is 0. The third-order valence-electron chi connectivity index (χ3n) is 1.22. The van der Waals surface area contributed by atoms with Gasteiger partial charge in [-0.1, -0.05) is 12.5 Å². The monoisotopic (exact) mass is 140 g/mol. The second-order valence-electron chi connectivity index (χ2n) is 2.55. The Morgan fingerprint density at radius 3 is 1.90 bits per heavy atom. The van der Waals surface area contributed by atoms with Crippen molar-refractivity contribution < 1.29 is 0 Å². The minimum Gasteiger partial charge on any atom is -0.387 e. The molecule has 0 amide bonds. The summed E-state index contributed by atoms with van der Waals surface area (Å²) in [6.45, 7) is 7.98. The zero-order chi connectivity index (χ0) is 8.15. The number of nitrogens with zero attached hydrogens (tertiary/aromatic N) is 1. The molecule has 10 heavy (non-hydrogen) atoms. The zero-order valence-corrected chi connectivity index (χ0v) is 7.23. The fourth-order valence-electron chi connectivity index (χ4n) is 0.757. The predicted octanol–water partition coefficient (Wildman–Crippen LogP) is 2.07. The highest BCUT2D eigenvalue weighted by Crippen LogP contribution is 2.08. The Kier molecular flexibility index (Phi) is 3.77. The van der Waals surface area contributed by atoms with Crippen molar-refractivity contribution in [3.8, 4) is 0 Å². The summed E-state index contributed by atoms with van der Waals surface area (Å²) >= 11 is 0. The topological polar surface area (TPSA) is 38.4 Å². The molecule has 0 aromatic heterocycles. The van der Waals surface area contributed by atoms with Gasteiger partial charge in [0.2, 0.25) is 0 Å². The van der Waals surface area contributed by atoms with Gasteiger partial charge in [-0.15, -0.1) is 0 Å². The molecule has 0 fully saturated rings. The van der Waals surface area contributed by atoms with E-state index in [2.05, 4.69) is 11.9 Å². The van der Waals surface area contributed by atoms with Crippen molar-refractivity contribution in [2.75, 3.05) is 0 Å². The molecule has 0 aromatic rings. The number of allylic oxidation sites excluding steroid dienone is 2. The summed E-state index contributed by atoms with van der Waals surface area (Å²) in [6, 6.07) is 0. The lowest BCUT2D eigenvalue weighted by molar-refractivity contribution is 1.02. The van der Waals surface area contributed by atoms with Crippen LogP contribution in [0.15, 0.2) is 16.3 Å². The lowest BCUT2D eigenvalue weighted by Gasteiger charge is -1.99. The van der Waals surface area contributed by atoms with Gasteiger partial charge in [0.05, 0.1) is 5.84 Å². The molecular formula is C8H16N2. The zero-order valence-electron chi connectivity index (χ0n) is 7.23. The van der Waals surface area contributed by atoms with Crippen LogP contribution in [0, 0.1) is 0 Å². The lowest BCUT2D eigenvalue weighted by atomic mass is 10.2. The van der Waals surface area contributed by atoms with E-state index in [1.165, 1.54) is 5.57 Å². The molecule has 0 aromatic carbocycles. The quantitative estimate of drug-likeness (QED) is 0.462. The largest absolute Gasteiger partial charge is 0.387 e. The van der Waals surface area contributed by atoms with Crippen LogP contribution in [0.4, 0.5) is 0 Å². The van der Waals surface area contributed by atoms with E-state index in [-0.39, 0.29) is 0 Å². The van der Waals surface area contributed by atoms with Crippen molar-refractivity contribution in [3.05, 3.63) is 11.3 Å². The molecule has 0 saturated heterocycles. The molecule has 0 aliphatic carbocycles. The third kappa shape index (κ3) is 3.28. The number of rotatable bonds is 2. The predicted molar refractivity (Wildman–Crippen MR) is 46.0 cm³/mol. The first-order chi connectivity index (χ1) is 4.57. The van der Waals surface area contributed by atoms with Gasteiger partial charge in [-0.25, -0.2) is 4.99 Å². The summed E-state index contributed by atoms with van der Waals surface area (Å²) in [5.74, 6) is 0.637. The van der Waals surface area contributed by atoms with E-state index >= 15 is 0 Å². The molecule has 0 aliphatic rings. The van der Waals surface area contributed by atoms with Crippen molar-refractivity contribution in [1.29, 1.82) is 0 Å². The highest BCUT2D eigenvalue weighted by atomic mass is 14.9. The van der Waals surface area contributed by atoms with Crippen molar-refractivity contribution in [3.63, 3.8) is 0 Å². The van der Waals surface area contributed by atoms with E-state index < -0.39 is 0 Å². The van der Waals surface area contributed by atoms with Gasteiger partial charge < -0.3 is 5.73 Å². The minimum atomic E-state index is 0.637. The standard InChI is InChI=1S/C8H16N2/c1-5-8(6(2)3)10-7(4)9/h5H2,1-4H3,(H2,9,10). The second kappa shape index (κ2) is 4.09. The van der Waals surface area contributed by atoms with E-state index in [9.17, 15) is 0 Å². The van der Waals surface area contributed by atoms with Gasteiger partial charge in [-0.05, 0) is 27.2 Å². The summed E-state index contributed by atoms with van der Waals surface area (Å²) < 4.78 is 0. The highest BCUT2D eigenvalue weighted by molar-refractivity contribution is 5.78. The van der Waals surface area contributed by atoms with E-state index in [4.69, 9.17) is 5.73 Å². The molecular weight excluding hydrogens is 124 g/mol. The Morgan fingerprint density at radius 2 is 1.80 bits per heavy atom. The van der Waals surface area contributed by atoms with Crippen molar-refractivity contribution >= 4 is 5.84 Å². The second-order valence-corrected chi connectivity index (χ2v) is 2.55. The average Bonchev–Trinajstić information content (AvgIpc) is 1.81. The summed E-state index contributed by atoms with van der Waals surface area (Å²) in [6.07, 6.45) is 0.955. The number of amidine groups is 1. The number of hydrogen-bond donors (Lipinski definition) is 1. The fraction of sp³-hybridized carbons (Fsp3) is 0.625. The van der Waals surface area contributed by atoms with Crippen molar-refractivity contribution in [1.82, 2.24) is 0 Å². The molecule has 2 nitrogen and oxygen atoms in total. The van der Waals surface area contributed by atoms with Gasteiger partial charge in [0.15, 0.2) is 0 Å². The maximum Gasteiger partial charge on any atom is 0.0960 e. The first kappa shape index (κ1) is 9.21. The third-order valence-corrected chi connectivity index (χ3v) is 1.22. The molecule has 0 aliphatic heterocycles. The Balaban J connectivity index is 4.40. The van der Waals surface area contributed by atoms with Gasteiger partial charge in [0.25, 0.3) is 0 Å². The molecule has 2 N–H and O–H groups in total. The summed E-state index contributed by atoms with van der Waals surface area (Å²) in [5, 5.41) is 0. The fourth-order valence-corrected chi connectivity index (χ4v) is 0.757. The van der Waals surface area contributed by atoms with Crippen LogP contribution in [0.3, 0.4) is 0 Å². The van der Waals surface area contributed by atoms with Gasteiger partial charge in [0.1, 0.15) is 0 Å². The van der Waals surface area contributed by atoms with Crippen molar-refractivity contribution in [2.45, 2.75) is 34.1 Å². The molecule has 0 rings (SSSR count). The van der Waals surface area contributed by atoms with Gasteiger partial charge in [-0.2, -0.15) is 0 Å². The van der Waals surface area contributed by atoms with E-state index in [0.29, 0.717) is 5.84 Å². The molecule has 0 atom stereocenters. The molecule has 0 heterocycles. The summed E-state index contributed by atoms with van der Waals surface area (Å²) in [5.41, 5.74) is 7.76. The smallest absolute Gasteiger partial charge is 0.0960 e. The van der Waals surface area contributed by atoms with Crippen LogP contribution in [0.1, 0.15) is 34.1 Å². The first-order valence-corrected chi connectivity index (χ1v) is 3.55. The normalized spacial score (nSPS) is 11.4. The highest BCUT2D eigenvalue weighted by Gasteiger charge is 1.92. The van der Waals surface area contributed by atoms with Crippen molar-refractivity contribution in [2.24, 2.45) is 10.7 Å². The maximum atomic E-state index is 5.42. The van der Waals surface area contributed by atoms with Crippen LogP contribution in [0.5, 0.6) is 0 Å². The lowest BCUT2D eigenvalue weighted by Crippen LogP contribution is -2.05. The van der Waals surface area contributed by atoms with Crippen LogP contribution in [-0.4, -0.2) is 5.84 Å². The van der Waals surface area contributed by atoms with E-state index in [1.807, 2.05) is 13.8 Å². The number of aliphatic imine (C=N–C) groups is 1. The average molecular weight is 140 g/mol. The molecule has 0 bridgehead atoms. The molecule has 0 spiro atoms. The van der Waals surface area contributed by atoms with Gasteiger partial charge in [0, 0.05) is 5.70 Å². The molecule has 0 saturated carbocycles. The number of hydrogen-bond acceptors (Lipinski definition) is 1. The summed E-state index contributed by atoms with van der Waals surface area (Å²) in [4.78, 5) is 4.17. The Labute approximate surface area is 62.8 Å². The van der Waals surface area contributed by atoms with Crippen LogP contribution in [0.25, 0.3) is 0 Å². The molecule has 0 unspecified atom stereocenters. The molecule has 58 valence electrons. The number of nitrogens with two attached hydrogens (primary N) is 1. The van der Waals surface area contributed by atoms with Gasteiger partial charge >= 0.3 is 0 Å². The minimum absolute atomic E-state index is 0.637. The SMILES string of the molecule is CCC(N=C(C)N)=C(C)C. The Hall–Kier alpha value is -0.790. The van der Waals surface area contributed by atoms with Crippen LogP contribution in [-0.2, 0) is 0 Å². The van der Waals surface area contributed by atoms with Gasteiger partial charge in [-0.3, -0.25) is 0 Å². The maximum absolute atomic E-state index is 5.42. The van der Waals surface area contributed by atoms with E-state index in [0.717, 1.165) is 12.1 Å². The molecule has 2 heteroatoms. The van der Waals surface area contributed by atoms with E-state index in [1.54, 1.807) is 6.92 Å². The Morgan fingerprint density at radius 1 is 1.30 bits per heavy atom. The Bertz CT molecular complexity index is 158. The van der Waals surface area contributed by atoms with Crippen LogP contribution >= 0.6 is 0 Å². The van der Waals surface area contributed by atoms with Crippen LogP contribution in [0.2, 0.25) is 0 Å².